The van der Waals surface area contributed by atoms with Crippen molar-refractivity contribution in [1.29, 1.82) is 0 Å². The van der Waals surface area contributed by atoms with E-state index in [1.54, 1.807) is 7.11 Å². The number of carbonyl (C=O) groups is 1. The van der Waals surface area contributed by atoms with Gasteiger partial charge in [-0.3, -0.25) is 9.48 Å². The molecule has 1 N–H and O–H groups in total. The molecule has 1 atom stereocenters. The van der Waals surface area contributed by atoms with Crippen molar-refractivity contribution in [3.8, 4) is 5.75 Å². The van der Waals surface area contributed by atoms with E-state index >= 15 is 0 Å². The second kappa shape index (κ2) is 8.71. The van der Waals surface area contributed by atoms with Gasteiger partial charge < -0.3 is 14.9 Å². The van der Waals surface area contributed by atoms with Gasteiger partial charge in [0.1, 0.15) is 5.75 Å². The van der Waals surface area contributed by atoms with E-state index in [1.807, 2.05) is 66.2 Å². The lowest BCUT2D eigenvalue weighted by molar-refractivity contribution is -0.125. The fourth-order valence-corrected chi connectivity index (χ4v) is 3.53. The van der Waals surface area contributed by atoms with E-state index in [0.29, 0.717) is 30.2 Å². The Labute approximate surface area is 182 Å². The van der Waals surface area contributed by atoms with Gasteiger partial charge in [-0.15, -0.1) is 0 Å². The highest BCUT2D eigenvalue weighted by molar-refractivity contribution is 9.10. The number of benzene rings is 2. The van der Waals surface area contributed by atoms with Crippen LogP contribution >= 0.6 is 15.9 Å². The lowest BCUT2D eigenvalue weighted by Gasteiger charge is -2.08. The second-order valence-electron chi connectivity index (χ2n) is 6.98. The molecule has 0 aliphatic carbocycles. The number of anilines is 1. The Morgan fingerprint density at radius 3 is 2.80 bits per heavy atom. The predicted octanol–water partition coefficient (Wildman–Crippen LogP) is 4.14. The summed E-state index contributed by atoms with van der Waals surface area (Å²) in [6.07, 6.45) is -0.341. The lowest BCUT2D eigenvalue weighted by atomic mass is 10.0. The summed E-state index contributed by atoms with van der Waals surface area (Å²) >= 11 is 3.44. The van der Waals surface area contributed by atoms with Crippen molar-refractivity contribution in [2.75, 3.05) is 12.4 Å². The zero-order chi connectivity index (χ0) is 21.1. The van der Waals surface area contributed by atoms with Crippen LogP contribution in [0.4, 0.5) is 5.82 Å². The van der Waals surface area contributed by atoms with Crippen LogP contribution < -0.4 is 10.1 Å². The van der Waals surface area contributed by atoms with Crippen LogP contribution in [-0.4, -0.2) is 34.6 Å². The number of methoxy groups -OCH3 is 1. The molecule has 3 aromatic rings. The average Bonchev–Trinajstić information content (AvgIpc) is 3.37. The van der Waals surface area contributed by atoms with Gasteiger partial charge in [-0.1, -0.05) is 45.4 Å². The van der Waals surface area contributed by atoms with Crippen LogP contribution in [0.15, 0.2) is 64.2 Å². The average molecular weight is 469 g/mol. The molecule has 0 bridgehead atoms. The molecule has 1 unspecified atom stereocenters. The Hall–Kier alpha value is -3.13. The van der Waals surface area contributed by atoms with Gasteiger partial charge in [-0.2, -0.15) is 5.10 Å². The monoisotopic (exact) mass is 468 g/mol. The number of nitrogens with zero attached hydrogens (tertiary/aromatic N) is 3. The molecule has 1 amide bonds. The van der Waals surface area contributed by atoms with Gasteiger partial charge in [0.2, 0.25) is 6.10 Å². The molecule has 8 heteroatoms. The first-order valence-corrected chi connectivity index (χ1v) is 10.3. The lowest BCUT2D eigenvalue weighted by Crippen LogP contribution is -2.28. The molecule has 0 saturated carbocycles. The van der Waals surface area contributed by atoms with Gasteiger partial charge in [-0.05, 0) is 36.8 Å². The number of nitrogens with one attached hydrogen (secondary N) is 1. The third-order valence-corrected chi connectivity index (χ3v) is 5.39. The molecule has 30 heavy (non-hydrogen) atoms. The van der Waals surface area contributed by atoms with Gasteiger partial charge in [0, 0.05) is 28.2 Å². The molecule has 7 nitrogen and oxygen atoms in total. The van der Waals surface area contributed by atoms with Crippen LogP contribution in [0.5, 0.6) is 5.75 Å². The van der Waals surface area contributed by atoms with Gasteiger partial charge >= 0.3 is 0 Å². The number of amides is 1. The molecule has 4 rings (SSSR count). The van der Waals surface area contributed by atoms with Crippen molar-refractivity contribution in [3.63, 3.8) is 0 Å². The largest absolute Gasteiger partial charge is 0.496 e. The number of ether oxygens (including phenoxy) is 1. The Balaban J connectivity index is 1.40. The van der Waals surface area contributed by atoms with Gasteiger partial charge in [0.15, 0.2) is 5.82 Å². The first kappa shape index (κ1) is 20.2. The van der Waals surface area contributed by atoms with Gasteiger partial charge in [0.05, 0.1) is 19.4 Å². The highest BCUT2D eigenvalue weighted by atomic mass is 79.9. The highest BCUT2D eigenvalue weighted by Crippen LogP contribution is 2.25. The fraction of sp³-hybridized carbons (Fsp3) is 0.227. The third-order valence-electron chi connectivity index (χ3n) is 4.86. The SMILES string of the molecule is COc1ccccc1C1=NOC(C(=O)Nc2cc(C)n(Cc3ccc(Br)cc3)n2)C1. The minimum absolute atomic E-state index is 0.281. The molecular weight excluding hydrogens is 448 g/mol. The van der Waals surface area contributed by atoms with E-state index in [2.05, 4.69) is 31.5 Å². The standard InChI is InChI=1S/C22H21BrN4O3/c1-14-11-21(25-27(14)13-15-7-9-16(23)10-8-15)24-22(28)20-12-18(26-30-20)17-5-3-4-6-19(17)29-2/h3-11,20H,12-13H2,1-2H3,(H,24,25,28). The maximum Gasteiger partial charge on any atom is 0.269 e. The minimum Gasteiger partial charge on any atom is -0.496 e. The number of hydrogen-bond acceptors (Lipinski definition) is 5. The Kier molecular flexibility index (Phi) is 5.85. The van der Waals surface area contributed by atoms with E-state index in [4.69, 9.17) is 9.57 Å². The van der Waals surface area contributed by atoms with E-state index in [1.165, 1.54) is 0 Å². The number of rotatable bonds is 6. The zero-order valence-electron chi connectivity index (χ0n) is 16.6. The Morgan fingerprint density at radius 1 is 1.27 bits per heavy atom. The van der Waals surface area contributed by atoms with Gasteiger partial charge in [0.25, 0.3) is 5.91 Å². The molecule has 0 fully saturated rings. The maximum atomic E-state index is 12.7. The molecule has 2 aromatic carbocycles. The fourth-order valence-electron chi connectivity index (χ4n) is 3.26. The molecule has 0 radical (unpaired) electrons. The molecule has 1 aliphatic rings. The quantitative estimate of drug-likeness (QED) is 0.589. The van der Waals surface area contributed by atoms with Crippen LogP contribution in [0.2, 0.25) is 0 Å². The van der Waals surface area contributed by atoms with Crippen LogP contribution in [0.3, 0.4) is 0 Å². The summed E-state index contributed by atoms with van der Waals surface area (Å²) in [6.45, 7) is 2.58. The summed E-state index contributed by atoms with van der Waals surface area (Å²) in [7, 11) is 1.60. The number of aromatic nitrogens is 2. The topological polar surface area (TPSA) is 77.7 Å². The summed E-state index contributed by atoms with van der Waals surface area (Å²) in [5.41, 5.74) is 3.58. The minimum atomic E-state index is -0.707. The van der Waals surface area contributed by atoms with Crippen molar-refractivity contribution in [1.82, 2.24) is 9.78 Å². The van der Waals surface area contributed by atoms with E-state index in [9.17, 15) is 4.79 Å². The molecule has 0 spiro atoms. The first-order chi connectivity index (χ1) is 14.5. The summed E-state index contributed by atoms with van der Waals surface area (Å²) in [5.74, 6) is 0.907. The van der Waals surface area contributed by atoms with Crippen molar-refractivity contribution in [2.45, 2.75) is 26.0 Å². The maximum absolute atomic E-state index is 12.7. The number of hydrogen-bond donors (Lipinski definition) is 1. The molecule has 1 aromatic heterocycles. The van der Waals surface area contributed by atoms with Gasteiger partial charge in [-0.25, -0.2) is 0 Å². The van der Waals surface area contributed by atoms with Crippen molar-refractivity contribution in [3.05, 3.63) is 75.9 Å². The van der Waals surface area contributed by atoms with Crippen LogP contribution in [0.1, 0.15) is 23.2 Å². The molecule has 154 valence electrons. The van der Waals surface area contributed by atoms with Crippen molar-refractivity contribution >= 4 is 33.4 Å². The second-order valence-corrected chi connectivity index (χ2v) is 7.90. The number of para-hydroxylation sites is 1. The number of oxime groups is 1. The Morgan fingerprint density at radius 2 is 2.03 bits per heavy atom. The van der Waals surface area contributed by atoms with E-state index < -0.39 is 6.10 Å². The summed E-state index contributed by atoms with van der Waals surface area (Å²) in [4.78, 5) is 18.0. The van der Waals surface area contributed by atoms with Crippen LogP contribution in [0, 0.1) is 6.92 Å². The van der Waals surface area contributed by atoms with E-state index in [0.717, 1.165) is 21.3 Å². The van der Waals surface area contributed by atoms with Crippen LogP contribution in [-0.2, 0) is 16.2 Å². The molecular formula is C22H21BrN4O3. The summed E-state index contributed by atoms with van der Waals surface area (Å²) in [5, 5.41) is 11.4. The van der Waals surface area contributed by atoms with E-state index in [-0.39, 0.29) is 5.91 Å². The zero-order valence-corrected chi connectivity index (χ0v) is 18.2. The molecule has 1 aliphatic heterocycles. The summed E-state index contributed by atoms with van der Waals surface area (Å²) in [6, 6.07) is 17.4. The normalized spacial score (nSPS) is 15.4. The Bertz CT molecular complexity index is 1090. The number of carbonyl (C=O) groups excluding carboxylic acids is 1. The number of halogens is 1. The molecule has 0 saturated heterocycles. The molecule has 2 heterocycles. The third kappa shape index (κ3) is 4.38. The van der Waals surface area contributed by atoms with Crippen LogP contribution in [0.25, 0.3) is 0 Å². The summed E-state index contributed by atoms with van der Waals surface area (Å²) < 4.78 is 8.25. The highest BCUT2D eigenvalue weighted by Gasteiger charge is 2.30. The number of aryl methyl sites for hydroxylation is 1. The van der Waals surface area contributed by atoms with Crippen molar-refractivity contribution in [2.24, 2.45) is 5.16 Å². The predicted molar refractivity (Wildman–Crippen MR) is 118 cm³/mol. The first-order valence-electron chi connectivity index (χ1n) is 9.49. The van der Waals surface area contributed by atoms with Crippen molar-refractivity contribution < 1.29 is 14.4 Å². The smallest absolute Gasteiger partial charge is 0.269 e.